The molecular formula is C15H14ClN5O2. The number of fused-ring (bicyclic) bond motifs is 1. The fraction of sp³-hybridized carbons (Fsp3) is 0.333. The number of likely N-dealkylation sites (N-methyl/N-ethyl adjacent to an activating group) is 1. The summed E-state index contributed by atoms with van der Waals surface area (Å²) in [6, 6.07) is 6.78. The molecule has 3 rings (SSSR count). The van der Waals surface area contributed by atoms with Gasteiger partial charge in [-0.15, -0.1) is 0 Å². The molecule has 1 aliphatic rings. The summed E-state index contributed by atoms with van der Waals surface area (Å²) in [6.07, 6.45) is 0.802. The van der Waals surface area contributed by atoms with Gasteiger partial charge in [-0.05, 0) is 13.1 Å². The normalized spacial score (nSPS) is 14.3. The summed E-state index contributed by atoms with van der Waals surface area (Å²) in [5.74, 6) is 0. The van der Waals surface area contributed by atoms with Crippen LogP contribution in [0.5, 0.6) is 0 Å². The van der Waals surface area contributed by atoms with Crippen molar-refractivity contribution >= 4 is 17.3 Å². The number of aromatic nitrogens is 2. The van der Waals surface area contributed by atoms with Crippen molar-refractivity contribution in [2.45, 2.75) is 19.5 Å². The van der Waals surface area contributed by atoms with E-state index in [2.05, 4.69) is 16.1 Å². The third-order valence-electron chi connectivity index (χ3n) is 3.96. The molecule has 0 radical (unpaired) electrons. The second-order valence-corrected chi connectivity index (χ2v) is 5.91. The van der Waals surface area contributed by atoms with E-state index in [9.17, 15) is 10.1 Å². The number of benzene rings is 1. The van der Waals surface area contributed by atoms with E-state index in [4.69, 9.17) is 16.9 Å². The number of nitro benzene ring substituents is 1. The molecule has 0 N–H and O–H groups in total. The predicted molar refractivity (Wildman–Crippen MR) is 85.0 cm³/mol. The van der Waals surface area contributed by atoms with Gasteiger partial charge in [0.1, 0.15) is 11.6 Å². The van der Waals surface area contributed by atoms with Crippen molar-refractivity contribution in [3.8, 4) is 17.3 Å². The fourth-order valence-corrected chi connectivity index (χ4v) is 3.04. The van der Waals surface area contributed by atoms with E-state index in [0.717, 1.165) is 24.2 Å². The highest BCUT2D eigenvalue weighted by atomic mass is 35.5. The quantitative estimate of drug-likeness (QED) is 0.637. The first-order chi connectivity index (χ1) is 11.0. The lowest BCUT2D eigenvalue weighted by Gasteiger charge is -2.23. The summed E-state index contributed by atoms with van der Waals surface area (Å²) < 4.78 is 1.69. The summed E-state index contributed by atoms with van der Waals surface area (Å²) in [6.45, 7) is 1.76. The van der Waals surface area contributed by atoms with Crippen molar-refractivity contribution in [3.63, 3.8) is 0 Å². The molecule has 0 unspecified atom stereocenters. The second-order valence-electron chi connectivity index (χ2n) is 5.50. The number of hydrogen-bond acceptors (Lipinski definition) is 5. The zero-order chi connectivity index (χ0) is 16.6. The van der Waals surface area contributed by atoms with Gasteiger partial charge in [0.15, 0.2) is 0 Å². The van der Waals surface area contributed by atoms with Crippen molar-refractivity contribution < 1.29 is 4.92 Å². The minimum Gasteiger partial charge on any atom is -0.302 e. The molecule has 118 valence electrons. The number of halogens is 1. The Morgan fingerprint density at radius 1 is 1.52 bits per heavy atom. The smallest absolute Gasteiger partial charge is 0.288 e. The molecule has 0 aliphatic carbocycles. The van der Waals surface area contributed by atoms with E-state index >= 15 is 0 Å². The third-order valence-corrected chi connectivity index (χ3v) is 4.28. The van der Waals surface area contributed by atoms with Crippen molar-refractivity contribution in [1.29, 1.82) is 5.26 Å². The molecule has 0 saturated heterocycles. The monoisotopic (exact) mass is 331 g/mol. The Hall–Kier alpha value is -2.43. The van der Waals surface area contributed by atoms with Crippen LogP contribution in [0.3, 0.4) is 0 Å². The second kappa shape index (κ2) is 5.99. The standard InChI is InChI=1S/C15H14ClN5O2/c1-19-6-4-13-11(9-19)15(18-20(13)7-5-17)10-2-3-12(16)14(8-10)21(22)23/h2-3,8H,4,6-7,9H2,1H3. The Balaban J connectivity index is 2.15. The largest absolute Gasteiger partial charge is 0.302 e. The zero-order valence-electron chi connectivity index (χ0n) is 12.5. The van der Waals surface area contributed by atoms with Crippen molar-refractivity contribution in [2.75, 3.05) is 13.6 Å². The van der Waals surface area contributed by atoms with E-state index in [1.54, 1.807) is 10.7 Å². The fourth-order valence-electron chi connectivity index (χ4n) is 2.86. The molecule has 2 aromatic rings. The van der Waals surface area contributed by atoms with Gasteiger partial charge < -0.3 is 4.90 Å². The highest BCUT2D eigenvalue weighted by Gasteiger charge is 2.25. The van der Waals surface area contributed by atoms with Gasteiger partial charge in [0, 0.05) is 42.4 Å². The van der Waals surface area contributed by atoms with Crippen molar-refractivity contribution in [1.82, 2.24) is 14.7 Å². The summed E-state index contributed by atoms with van der Waals surface area (Å²) in [5.41, 5.74) is 3.23. The Labute approximate surface area is 137 Å². The molecule has 1 aromatic carbocycles. The molecule has 2 heterocycles. The van der Waals surface area contributed by atoms with Gasteiger partial charge in [-0.25, -0.2) is 0 Å². The summed E-state index contributed by atoms with van der Waals surface area (Å²) in [7, 11) is 2.01. The van der Waals surface area contributed by atoms with Crippen LogP contribution in [0.4, 0.5) is 5.69 Å². The van der Waals surface area contributed by atoms with E-state index in [1.807, 2.05) is 7.05 Å². The number of hydrogen-bond donors (Lipinski definition) is 0. The molecule has 1 aromatic heterocycles. The summed E-state index contributed by atoms with van der Waals surface area (Å²) >= 11 is 5.88. The van der Waals surface area contributed by atoms with Crippen LogP contribution in [0.2, 0.25) is 5.02 Å². The lowest BCUT2D eigenvalue weighted by molar-refractivity contribution is -0.384. The van der Waals surface area contributed by atoms with Gasteiger partial charge in [0.25, 0.3) is 5.69 Å². The third kappa shape index (κ3) is 2.79. The Morgan fingerprint density at radius 3 is 3.00 bits per heavy atom. The first-order valence-corrected chi connectivity index (χ1v) is 7.47. The zero-order valence-corrected chi connectivity index (χ0v) is 13.2. The number of nitrogens with zero attached hydrogens (tertiary/aromatic N) is 5. The molecule has 1 aliphatic heterocycles. The van der Waals surface area contributed by atoms with E-state index in [0.29, 0.717) is 17.8 Å². The molecular weight excluding hydrogens is 318 g/mol. The topological polar surface area (TPSA) is 88.0 Å². The SMILES string of the molecule is CN1CCc2c(c(-c3ccc(Cl)c([N+](=O)[O-])c3)nn2CC#N)C1. The molecule has 23 heavy (non-hydrogen) atoms. The minimum absolute atomic E-state index is 0.0983. The molecule has 7 nitrogen and oxygen atoms in total. The molecule has 0 saturated carbocycles. The van der Waals surface area contributed by atoms with Gasteiger partial charge in [-0.2, -0.15) is 10.4 Å². The Bertz CT molecular complexity index is 824. The van der Waals surface area contributed by atoms with Crippen molar-refractivity contribution in [3.05, 3.63) is 44.6 Å². The van der Waals surface area contributed by atoms with Crippen LogP contribution in [-0.2, 0) is 19.5 Å². The predicted octanol–water partition coefficient (Wildman–Crippen LogP) is 2.62. The van der Waals surface area contributed by atoms with Crippen LogP contribution in [-0.4, -0.2) is 33.2 Å². The highest BCUT2D eigenvalue weighted by Crippen LogP contribution is 2.34. The van der Waals surface area contributed by atoms with Crippen LogP contribution >= 0.6 is 11.6 Å². The van der Waals surface area contributed by atoms with Gasteiger partial charge in [-0.3, -0.25) is 14.8 Å². The average Bonchev–Trinajstić information content (AvgIpc) is 2.86. The van der Waals surface area contributed by atoms with E-state index < -0.39 is 4.92 Å². The summed E-state index contributed by atoms with van der Waals surface area (Å²) in [4.78, 5) is 12.8. The molecule has 0 fully saturated rings. The first kappa shape index (κ1) is 15.5. The van der Waals surface area contributed by atoms with Crippen LogP contribution in [0, 0.1) is 21.4 Å². The molecule has 8 heteroatoms. The Kier molecular flexibility index (Phi) is 4.03. The lowest BCUT2D eigenvalue weighted by Crippen LogP contribution is -2.27. The van der Waals surface area contributed by atoms with Crippen LogP contribution in [0.15, 0.2) is 18.2 Å². The average molecular weight is 332 g/mol. The highest BCUT2D eigenvalue weighted by molar-refractivity contribution is 6.32. The Morgan fingerprint density at radius 2 is 2.30 bits per heavy atom. The van der Waals surface area contributed by atoms with Gasteiger partial charge in [0.05, 0.1) is 16.7 Å². The number of nitriles is 1. The van der Waals surface area contributed by atoms with Crippen LogP contribution in [0.1, 0.15) is 11.3 Å². The van der Waals surface area contributed by atoms with Crippen LogP contribution in [0.25, 0.3) is 11.3 Å². The van der Waals surface area contributed by atoms with E-state index in [-0.39, 0.29) is 17.3 Å². The van der Waals surface area contributed by atoms with Gasteiger partial charge in [0.2, 0.25) is 0 Å². The van der Waals surface area contributed by atoms with E-state index in [1.165, 1.54) is 12.1 Å². The maximum Gasteiger partial charge on any atom is 0.288 e. The lowest BCUT2D eigenvalue weighted by atomic mass is 10.0. The van der Waals surface area contributed by atoms with Gasteiger partial charge in [-0.1, -0.05) is 17.7 Å². The molecule has 0 spiro atoms. The van der Waals surface area contributed by atoms with Crippen molar-refractivity contribution in [2.24, 2.45) is 0 Å². The van der Waals surface area contributed by atoms with Gasteiger partial charge >= 0.3 is 0 Å². The van der Waals surface area contributed by atoms with Crippen LogP contribution < -0.4 is 0 Å². The first-order valence-electron chi connectivity index (χ1n) is 7.09. The molecule has 0 bridgehead atoms. The maximum absolute atomic E-state index is 11.1. The molecule has 0 amide bonds. The molecule has 0 atom stereocenters. The number of nitro groups is 1. The maximum atomic E-state index is 11.1. The summed E-state index contributed by atoms with van der Waals surface area (Å²) in [5, 5.41) is 24.7. The number of rotatable bonds is 3. The minimum atomic E-state index is -0.503.